The lowest BCUT2D eigenvalue weighted by Gasteiger charge is -2.18. The number of nitrogens with one attached hydrogen (secondary N) is 2. The van der Waals surface area contributed by atoms with Crippen molar-refractivity contribution in [3.05, 3.63) is 11.9 Å². The molecule has 1 unspecified atom stereocenters. The molecule has 19 heavy (non-hydrogen) atoms. The Bertz CT molecular complexity index is 382. The van der Waals surface area contributed by atoms with Crippen LogP contribution in [0.15, 0.2) is 6.07 Å². The van der Waals surface area contributed by atoms with Crippen molar-refractivity contribution >= 4 is 11.6 Å². The van der Waals surface area contributed by atoms with Crippen molar-refractivity contribution in [2.24, 2.45) is 0 Å². The maximum absolute atomic E-state index is 9.04. The lowest BCUT2D eigenvalue weighted by atomic mass is 10.1. The normalized spacial score (nSPS) is 12.5. The molecule has 1 heterocycles. The Hall–Kier alpha value is -1.36. The van der Waals surface area contributed by atoms with Crippen LogP contribution in [0, 0.1) is 0 Å². The summed E-state index contributed by atoms with van der Waals surface area (Å²) < 4.78 is 0. The summed E-state index contributed by atoms with van der Waals surface area (Å²) in [5.74, 6) is 2.80. The van der Waals surface area contributed by atoms with Crippen LogP contribution in [-0.4, -0.2) is 34.3 Å². The zero-order valence-corrected chi connectivity index (χ0v) is 12.4. The highest BCUT2D eigenvalue weighted by atomic mass is 16.3. The van der Waals surface area contributed by atoms with Gasteiger partial charge in [0.25, 0.3) is 0 Å². The molecule has 1 atom stereocenters. The Balaban J connectivity index is 2.91. The minimum Gasteiger partial charge on any atom is -0.396 e. The molecule has 108 valence electrons. The molecular weight excluding hydrogens is 240 g/mol. The molecule has 0 aromatic carbocycles. The zero-order chi connectivity index (χ0) is 14.3. The van der Waals surface area contributed by atoms with Gasteiger partial charge in [-0.05, 0) is 19.8 Å². The summed E-state index contributed by atoms with van der Waals surface area (Å²) >= 11 is 0. The topological polar surface area (TPSA) is 70.1 Å². The maximum Gasteiger partial charge on any atom is 0.135 e. The van der Waals surface area contributed by atoms with E-state index < -0.39 is 0 Å². The van der Waals surface area contributed by atoms with Gasteiger partial charge >= 0.3 is 0 Å². The average Bonchev–Trinajstić information content (AvgIpc) is 2.38. The Morgan fingerprint density at radius 3 is 2.42 bits per heavy atom. The molecule has 0 aliphatic heterocycles. The van der Waals surface area contributed by atoms with Gasteiger partial charge in [0, 0.05) is 31.2 Å². The Morgan fingerprint density at radius 1 is 1.21 bits per heavy atom. The van der Waals surface area contributed by atoms with E-state index in [-0.39, 0.29) is 18.6 Å². The van der Waals surface area contributed by atoms with E-state index in [0.717, 1.165) is 36.8 Å². The SMILES string of the molecule is CCNc1cc(NC(CC)CCO)nc(C(C)C)n1. The molecule has 1 rings (SSSR count). The number of anilines is 2. The molecule has 0 bridgehead atoms. The third kappa shape index (κ3) is 5.03. The lowest BCUT2D eigenvalue weighted by Crippen LogP contribution is -2.21. The first-order chi connectivity index (χ1) is 9.10. The van der Waals surface area contributed by atoms with E-state index in [1.807, 2.05) is 13.0 Å². The molecule has 0 saturated heterocycles. The molecule has 1 aromatic rings. The van der Waals surface area contributed by atoms with E-state index in [0.29, 0.717) is 0 Å². The van der Waals surface area contributed by atoms with Crippen LogP contribution in [0.4, 0.5) is 11.6 Å². The summed E-state index contributed by atoms with van der Waals surface area (Å²) in [6.45, 7) is 9.34. The fourth-order valence-electron chi connectivity index (χ4n) is 1.81. The van der Waals surface area contributed by atoms with E-state index >= 15 is 0 Å². The van der Waals surface area contributed by atoms with Crippen LogP contribution in [-0.2, 0) is 0 Å². The first-order valence-electron chi connectivity index (χ1n) is 7.10. The standard InChI is InChI=1S/C14H26N4O/c1-5-11(7-8-19)16-13-9-12(15-6-2)17-14(18-13)10(3)4/h9-11,19H,5-8H2,1-4H3,(H2,15,16,17,18). The van der Waals surface area contributed by atoms with E-state index in [1.54, 1.807) is 0 Å². The largest absolute Gasteiger partial charge is 0.396 e. The summed E-state index contributed by atoms with van der Waals surface area (Å²) in [7, 11) is 0. The van der Waals surface area contributed by atoms with E-state index in [4.69, 9.17) is 5.11 Å². The Morgan fingerprint density at radius 2 is 1.89 bits per heavy atom. The second-order valence-electron chi connectivity index (χ2n) is 4.94. The molecule has 0 aliphatic carbocycles. The van der Waals surface area contributed by atoms with Crippen LogP contribution < -0.4 is 10.6 Å². The molecule has 3 N–H and O–H groups in total. The van der Waals surface area contributed by atoms with Crippen molar-refractivity contribution in [1.82, 2.24) is 9.97 Å². The lowest BCUT2D eigenvalue weighted by molar-refractivity contribution is 0.278. The molecule has 0 saturated carbocycles. The van der Waals surface area contributed by atoms with Gasteiger partial charge in [-0.1, -0.05) is 20.8 Å². The molecule has 1 aromatic heterocycles. The molecule has 5 nitrogen and oxygen atoms in total. The van der Waals surface area contributed by atoms with Crippen LogP contribution in [0.5, 0.6) is 0 Å². The minimum absolute atomic E-state index is 0.188. The van der Waals surface area contributed by atoms with Gasteiger partial charge in [0.2, 0.25) is 0 Å². The first-order valence-corrected chi connectivity index (χ1v) is 7.10. The van der Waals surface area contributed by atoms with Crippen molar-refractivity contribution in [3.63, 3.8) is 0 Å². The predicted molar refractivity (Wildman–Crippen MR) is 79.7 cm³/mol. The summed E-state index contributed by atoms with van der Waals surface area (Å²) in [4.78, 5) is 9.03. The van der Waals surface area contributed by atoms with Gasteiger partial charge in [-0.25, -0.2) is 9.97 Å². The third-order valence-corrected chi connectivity index (χ3v) is 2.94. The molecular formula is C14H26N4O. The van der Waals surface area contributed by atoms with Gasteiger partial charge in [0.1, 0.15) is 17.5 Å². The maximum atomic E-state index is 9.04. The first kappa shape index (κ1) is 15.7. The molecule has 0 aliphatic rings. The molecule has 0 amide bonds. The van der Waals surface area contributed by atoms with Gasteiger partial charge < -0.3 is 15.7 Å². The minimum atomic E-state index is 0.188. The Kier molecular flexibility index (Phi) is 6.56. The zero-order valence-electron chi connectivity index (χ0n) is 12.4. The monoisotopic (exact) mass is 266 g/mol. The highest BCUT2D eigenvalue weighted by Gasteiger charge is 2.11. The van der Waals surface area contributed by atoms with Crippen molar-refractivity contribution < 1.29 is 5.11 Å². The van der Waals surface area contributed by atoms with Gasteiger partial charge in [0.05, 0.1) is 0 Å². The van der Waals surface area contributed by atoms with Crippen LogP contribution in [0.3, 0.4) is 0 Å². The van der Waals surface area contributed by atoms with Crippen molar-refractivity contribution in [1.29, 1.82) is 0 Å². The van der Waals surface area contributed by atoms with Crippen LogP contribution >= 0.6 is 0 Å². The average molecular weight is 266 g/mol. The highest BCUT2D eigenvalue weighted by Crippen LogP contribution is 2.18. The molecule has 0 fully saturated rings. The van der Waals surface area contributed by atoms with Gasteiger partial charge in [0.15, 0.2) is 0 Å². The van der Waals surface area contributed by atoms with Crippen LogP contribution in [0.25, 0.3) is 0 Å². The number of rotatable bonds is 8. The van der Waals surface area contributed by atoms with Gasteiger partial charge in [-0.3, -0.25) is 0 Å². The summed E-state index contributed by atoms with van der Waals surface area (Å²) in [5.41, 5.74) is 0. The fourth-order valence-corrected chi connectivity index (χ4v) is 1.81. The molecule has 0 radical (unpaired) electrons. The van der Waals surface area contributed by atoms with Crippen molar-refractivity contribution in [2.45, 2.75) is 52.5 Å². The van der Waals surface area contributed by atoms with E-state index in [9.17, 15) is 0 Å². The number of aliphatic hydroxyl groups excluding tert-OH is 1. The molecule has 5 heteroatoms. The van der Waals surface area contributed by atoms with Crippen molar-refractivity contribution in [2.75, 3.05) is 23.8 Å². The fraction of sp³-hybridized carbons (Fsp3) is 0.714. The number of aliphatic hydroxyl groups is 1. The highest BCUT2D eigenvalue weighted by molar-refractivity contribution is 5.48. The van der Waals surface area contributed by atoms with E-state index in [2.05, 4.69) is 41.4 Å². The third-order valence-electron chi connectivity index (χ3n) is 2.94. The molecule has 0 spiro atoms. The predicted octanol–water partition coefficient (Wildman–Crippen LogP) is 2.60. The second-order valence-corrected chi connectivity index (χ2v) is 4.94. The van der Waals surface area contributed by atoms with E-state index in [1.165, 1.54) is 0 Å². The number of nitrogens with zero attached hydrogens (tertiary/aromatic N) is 2. The van der Waals surface area contributed by atoms with Gasteiger partial charge in [-0.2, -0.15) is 0 Å². The van der Waals surface area contributed by atoms with Crippen LogP contribution in [0.2, 0.25) is 0 Å². The smallest absolute Gasteiger partial charge is 0.135 e. The van der Waals surface area contributed by atoms with Gasteiger partial charge in [-0.15, -0.1) is 0 Å². The quantitative estimate of drug-likeness (QED) is 0.674. The Labute approximate surface area is 115 Å². The summed E-state index contributed by atoms with van der Waals surface area (Å²) in [6.07, 6.45) is 1.69. The number of aromatic nitrogens is 2. The summed E-state index contributed by atoms with van der Waals surface area (Å²) in [5, 5.41) is 15.6. The second kappa shape index (κ2) is 7.94. The number of hydrogen-bond acceptors (Lipinski definition) is 5. The number of hydrogen-bond donors (Lipinski definition) is 3. The van der Waals surface area contributed by atoms with Crippen molar-refractivity contribution in [3.8, 4) is 0 Å². The summed E-state index contributed by atoms with van der Waals surface area (Å²) in [6, 6.07) is 2.17. The van der Waals surface area contributed by atoms with Crippen LogP contribution in [0.1, 0.15) is 52.3 Å².